The van der Waals surface area contributed by atoms with Gasteiger partial charge in [-0.05, 0) is 12.5 Å². The minimum atomic E-state index is -0.245. The average molecular weight is 301 g/mol. The van der Waals surface area contributed by atoms with Crippen LogP contribution in [0.25, 0.3) is 0 Å². The third-order valence-electron chi connectivity index (χ3n) is 3.89. The molecule has 1 aromatic carbocycles. The molecule has 1 atom stereocenters. The number of piperazine rings is 1. The van der Waals surface area contributed by atoms with Gasteiger partial charge in [0.25, 0.3) is 0 Å². The predicted octanol–water partition coefficient (Wildman–Crippen LogP) is 1.65. The van der Waals surface area contributed by atoms with Gasteiger partial charge in [0.15, 0.2) is 0 Å². The lowest BCUT2D eigenvalue weighted by Gasteiger charge is -2.38. The predicted molar refractivity (Wildman–Crippen MR) is 83.9 cm³/mol. The van der Waals surface area contributed by atoms with E-state index in [0.29, 0.717) is 32.7 Å². The van der Waals surface area contributed by atoms with Crippen LogP contribution in [0, 0.1) is 11.3 Å². The van der Waals surface area contributed by atoms with Gasteiger partial charge >= 0.3 is 0 Å². The molecule has 22 heavy (non-hydrogen) atoms. The Hall–Kier alpha value is -1.90. The smallest absolute Gasteiger partial charge is 0.225 e. The Morgan fingerprint density at radius 3 is 2.82 bits per heavy atom. The van der Waals surface area contributed by atoms with Gasteiger partial charge in [0, 0.05) is 32.8 Å². The van der Waals surface area contributed by atoms with Crippen molar-refractivity contribution in [1.29, 1.82) is 5.26 Å². The number of amides is 1. The van der Waals surface area contributed by atoms with Gasteiger partial charge < -0.3 is 9.64 Å². The number of nitriles is 1. The fourth-order valence-electron chi connectivity index (χ4n) is 2.64. The van der Waals surface area contributed by atoms with Gasteiger partial charge in [0.2, 0.25) is 5.91 Å². The first kappa shape index (κ1) is 16.5. The highest BCUT2D eigenvalue weighted by molar-refractivity contribution is 5.76. The van der Waals surface area contributed by atoms with Crippen LogP contribution >= 0.6 is 0 Å². The van der Waals surface area contributed by atoms with Gasteiger partial charge in [-0.3, -0.25) is 9.69 Å². The van der Waals surface area contributed by atoms with Crippen LogP contribution < -0.4 is 0 Å². The lowest BCUT2D eigenvalue weighted by Crippen LogP contribution is -2.53. The van der Waals surface area contributed by atoms with E-state index >= 15 is 0 Å². The minimum absolute atomic E-state index is 0.0769. The van der Waals surface area contributed by atoms with Crippen LogP contribution in [0.4, 0.5) is 0 Å². The van der Waals surface area contributed by atoms with E-state index in [4.69, 9.17) is 4.74 Å². The highest BCUT2D eigenvalue weighted by atomic mass is 16.5. The first-order chi connectivity index (χ1) is 10.7. The Balaban J connectivity index is 1.88. The maximum absolute atomic E-state index is 12.1. The number of ether oxygens (including phenoxy) is 1. The number of hydrogen-bond donors (Lipinski definition) is 0. The number of carbonyl (C=O) groups excluding carboxylic acids is 1. The summed E-state index contributed by atoms with van der Waals surface area (Å²) in [5.74, 6) is 0.0769. The molecular weight excluding hydrogens is 278 g/mol. The molecule has 0 saturated carbocycles. The van der Waals surface area contributed by atoms with Crippen LogP contribution in [-0.2, 0) is 16.1 Å². The Kier molecular flexibility index (Phi) is 6.38. The summed E-state index contributed by atoms with van der Waals surface area (Å²) in [6.45, 7) is 5.63. The molecule has 5 heteroatoms. The Bertz CT molecular complexity index is 512. The zero-order valence-electron chi connectivity index (χ0n) is 13.1. The summed E-state index contributed by atoms with van der Waals surface area (Å²) in [7, 11) is 0. The third kappa shape index (κ3) is 4.55. The highest BCUT2D eigenvalue weighted by Crippen LogP contribution is 2.14. The zero-order chi connectivity index (χ0) is 15.8. The van der Waals surface area contributed by atoms with E-state index in [2.05, 4.69) is 23.1 Å². The molecule has 1 aromatic rings. The summed E-state index contributed by atoms with van der Waals surface area (Å²) in [4.78, 5) is 16.0. The third-order valence-corrected chi connectivity index (χ3v) is 3.89. The first-order valence-corrected chi connectivity index (χ1v) is 7.77. The summed E-state index contributed by atoms with van der Waals surface area (Å²) in [5, 5.41) is 9.40. The molecule has 1 saturated heterocycles. The van der Waals surface area contributed by atoms with E-state index in [1.54, 1.807) is 4.90 Å². The van der Waals surface area contributed by atoms with Crippen LogP contribution in [0.3, 0.4) is 0 Å². The fraction of sp³-hybridized carbons (Fsp3) is 0.529. The molecule has 1 fully saturated rings. The average Bonchev–Trinajstić information content (AvgIpc) is 2.56. The van der Waals surface area contributed by atoms with E-state index < -0.39 is 0 Å². The molecule has 2 rings (SSSR count). The zero-order valence-corrected chi connectivity index (χ0v) is 13.1. The second-order valence-corrected chi connectivity index (χ2v) is 5.39. The van der Waals surface area contributed by atoms with Crippen molar-refractivity contribution >= 4 is 5.91 Å². The van der Waals surface area contributed by atoms with E-state index in [1.807, 2.05) is 25.1 Å². The summed E-state index contributed by atoms with van der Waals surface area (Å²) < 4.78 is 5.23. The molecule has 0 spiro atoms. The van der Waals surface area contributed by atoms with E-state index in [9.17, 15) is 10.1 Å². The van der Waals surface area contributed by atoms with Crippen molar-refractivity contribution in [3.05, 3.63) is 35.9 Å². The Morgan fingerprint density at radius 2 is 2.14 bits per heavy atom. The molecule has 0 aliphatic carbocycles. The topological polar surface area (TPSA) is 56.6 Å². The standard InChI is InChI=1S/C17H23N3O2/c1-2-22-11-8-17(21)20-10-9-19(16(12-18)14-20)13-15-6-4-3-5-7-15/h3-7,16H,2,8-11,13-14H2,1H3/t16-/m1/s1. The SMILES string of the molecule is CCOCCC(=O)N1CCN(Cc2ccccc2)[C@H](C#N)C1. The fourth-order valence-corrected chi connectivity index (χ4v) is 2.64. The summed E-state index contributed by atoms with van der Waals surface area (Å²) in [6, 6.07) is 12.2. The molecule has 1 heterocycles. The molecule has 0 radical (unpaired) electrons. The van der Waals surface area contributed by atoms with Crippen LogP contribution in [0.15, 0.2) is 30.3 Å². The maximum Gasteiger partial charge on any atom is 0.225 e. The first-order valence-electron chi connectivity index (χ1n) is 7.77. The number of nitrogens with zero attached hydrogens (tertiary/aromatic N) is 3. The lowest BCUT2D eigenvalue weighted by atomic mass is 10.1. The largest absolute Gasteiger partial charge is 0.381 e. The highest BCUT2D eigenvalue weighted by Gasteiger charge is 2.29. The molecule has 118 valence electrons. The van der Waals surface area contributed by atoms with Crippen molar-refractivity contribution in [2.45, 2.75) is 25.9 Å². The van der Waals surface area contributed by atoms with Crippen LogP contribution in [-0.4, -0.2) is 54.6 Å². The quantitative estimate of drug-likeness (QED) is 0.750. The molecule has 0 aromatic heterocycles. The van der Waals surface area contributed by atoms with Crippen LogP contribution in [0.5, 0.6) is 0 Å². The molecule has 0 unspecified atom stereocenters. The van der Waals surface area contributed by atoms with E-state index in [0.717, 1.165) is 13.1 Å². The van der Waals surface area contributed by atoms with Crippen molar-refractivity contribution in [3.63, 3.8) is 0 Å². The number of benzene rings is 1. The Labute approximate surface area is 132 Å². The number of hydrogen-bond acceptors (Lipinski definition) is 4. The monoisotopic (exact) mass is 301 g/mol. The van der Waals surface area contributed by atoms with Gasteiger partial charge in [0.1, 0.15) is 6.04 Å². The summed E-state index contributed by atoms with van der Waals surface area (Å²) >= 11 is 0. The molecule has 1 aliphatic heterocycles. The van der Waals surface area contributed by atoms with Gasteiger partial charge in [-0.2, -0.15) is 5.26 Å². The van der Waals surface area contributed by atoms with Gasteiger partial charge in [-0.25, -0.2) is 0 Å². The summed E-state index contributed by atoms with van der Waals surface area (Å²) in [5.41, 5.74) is 1.19. The molecule has 1 amide bonds. The van der Waals surface area contributed by atoms with Crippen molar-refractivity contribution in [2.24, 2.45) is 0 Å². The van der Waals surface area contributed by atoms with Gasteiger partial charge in [-0.1, -0.05) is 30.3 Å². The second kappa shape index (κ2) is 8.52. The van der Waals surface area contributed by atoms with Crippen LogP contribution in [0.2, 0.25) is 0 Å². The van der Waals surface area contributed by atoms with Gasteiger partial charge in [-0.15, -0.1) is 0 Å². The van der Waals surface area contributed by atoms with Crippen molar-refractivity contribution < 1.29 is 9.53 Å². The molecule has 0 N–H and O–H groups in total. The molecular formula is C17H23N3O2. The number of rotatable bonds is 6. The number of carbonyl (C=O) groups is 1. The molecule has 1 aliphatic rings. The van der Waals surface area contributed by atoms with Gasteiger partial charge in [0.05, 0.1) is 19.1 Å². The Morgan fingerprint density at radius 1 is 1.36 bits per heavy atom. The van der Waals surface area contributed by atoms with Crippen molar-refractivity contribution in [3.8, 4) is 6.07 Å². The summed E-state index contributed by atoms with van der Waals surface area (Å²) in [6.07, 6.45) is 0.394. The molecule has 5 nitrogen and oxygen atoms in total. The molecule has 0 bridgehead atoms. The van der Waals surface area contributed by atoms with Crippen molar-refractivity contribution in [1.82, 2.24) is 9.80 Å². The lowest BCUT2D eigenvalue weighted by molar-refractivity contribution is -0.134. The maximum atomic E-state index is 12.1. The normalized spacial score (nSPS) is 18.9. The van der Waals surface area contributed by atoms with E-state index in [-0.39, 0.29) is 11.9 Å². The van der Waals surface area contributed by atoms with E-state index in [1.165, 1.54) is 5.56 Å². The minimum Gasteiger partial charge on any atom is -0.381 e. The van der Waals surface area contributed by atoms with Crippen LogP contribution in [0.1, 0.15) is 18.9 Å². The van der Waals surface area contributed by atoms with Crippen molar-refractivity contribution in [2.75, 3.05) is 32.8 Å². The second-order valence-electron chi connectivity index (χ2n) is 5.39.